The van der Waals surface area contributed by atoms with Crippen molar-refractivity contribution >= 4 is 60.0 Å². The van der Waals surface area contributed by atoms with Crippen LogP contribution in [0.5, 0.6) is 0 Å². The van der Waals surface area contributed by atoms with Gasteiger partial charge in [0.25, 0.3) is 0 Å². The molecule has 0 aliphatic heterocycles. The molecule has 0 spiro atoms. The molecule has 0 bridgehead atoms. The average molecular weight is 583 g/mol. The lowest BCUT2D eigenvalue weighted by atomic mass is 9.80. The second-order valence-electron chi connectivity index (χ2n) is 11.2. The van der Waals surface area contributed by atoms with E-state index in [1.807, 2.05) is 36.5 Å². The minimum atomic E-state index is 1.01. The minimum Gasteiger partial charge on any atom is -0.134 e. The summed E-state index contributed by atoms with van der Waals surface area (Å²) in [5, 5.41) is 5.17. The van der Waals surface area contributed by atoms with Gasteiger partial charge < -0.3 is 0 Å². The topological polar surface area (TPSA) is 0 Å². The lowest BCUT2D eigenvalue weighted by Crippen LogP contribution is -2.03. The maximum atomic E-state index is 4.49. The minimum absolute atomic E-state index is 1.01. The van der Waals surface area contributed by atoms with E-state index in [1.54, 1.807) is 0 Å². The molecule has 0 fully saturated rings. The predicted molar refractivity (Wildman–Crippen MR) is 197 cm³/mol. The Hall–Kier alpha value is -4.98. The molecule has 0 radical (unpaired) electrons. The highest BCUT2D eigenvalue weighted by atomic mass is 32.1. The maximum Gasteiger partial charge on any atom is 0.0434 e. The smallest absolute Gasteiger partial charge is 0.0434 e. The Kier molecular flexibility index (Phi) is 7.56. The zero-order valence-electron chi connectivity index (χ0n) is 25.0. The van der Waals surface area contributed by atoms with Crippen molar-refractivity contribution in [3.05, 3.63) is 163 Å². The molecule has 1 aliphatic rings. The zero-order chi connectivity index (χ0) is 30.0. The molecule has 0 N–H and O–H groups in total. The van der Waals surface area contributed by atoms with E-state index >= 15 is 0 Å². The molecule has 44 heavy (non-hydrogen) atoms. The molecular formula is C43H34S. The number of rotatable bonds is 7. The monoisotopic (exact) mass is 582 g/mol. The molecule has 0 saturated heterocycles. The van der Waals surface area contributed by atoms with Gasteiger partial charge in [0.2, 0.25) is 0 Å². The first-order valence-electron chi connectivity index (χ1n) is 15.3. The van der Waals surface area contributed by atoms with E-state index in [4.69, 9.17) is 0 Å². The van der Waals surface area contributed by atoms with E-state index in [-0.39, 0.29) is 0 Å². The molecule has 1 heterocycles. The number of benzene rings is 5. The molecule has 0 saturated carbocycles. The van der Waals surface area contributed by atoms with Gasteiger partial charge in [-0.25, -0.2) is 0 Å². The van der Waals surface area contributed by atoms with Crippen molar-refractivity contribution in [2.75, 3.05) is 0 Å². The standard InChI is InChI=1S/C43H34S/c1-4-6-8-16-30-25-27-31(28-26-30)32-21-13-22-37-38-23-14-24-39(43(38)44-42(32)37)41-35-19-11-9-17-33(35)40(29(3)15-7-5-2)34-18-10-12-20-36(34)41/h4-11,13-19,21-28H,2-3,12,20H2,1H3/b6-4-,15-7-,16-8-. The van der Waals surface area contributed by atoms with Crippen LogP contribution in [-0.2, 0) is 6.42 Å². The Balaban J connectivity index is 1.47. The molecule has 5 aromatic carbocycles. The highest BCUT2D eigenvalue weighted by Gasteiger charge is 2.23. The second kappa shape index (κ2) is 12.0. The van der Waals surface area contributed by atoms with Gasteiger partial charge in [0, 0.05) is 25.7 Å². The number of allylic oxidation sites excluding steroid dienone is 8. The van der Waals surface area contributed by atoms with Crippen LogP contribution in [0.15, 0.2) is 141 Å². The van der Waals surface area contributed by atoms with E-state index < -0.39 is 0 Å². The summed E-state index contributed by atoms with van der Waals surface area (Å²) in [6.07, 6.45) is 20.9. The molecule has 0 unspecified atom stereocenters. The lowest BCUT2D eigenvalue weighted by Gasteiger charge is -2.24. The van der Waals surface area contributed by atoms with Gasteiger partial charge in [-0.3, -0.25) is 0 Å². The number of thiophene rings is 1. The van der Waals surface area contributed by atoms with Crippen LogP contribution in [0.4, 0.5) is 0 Å². The van der Waals surface area contributed by atoms with Crippen molar-refractivity contribution < 1.29 is 0 Å². The van der Waals surface area contributed by atoms with Crippen molar-refractivity contribution in [3.63, 3.8) is 0 Å². The SMILES string of the molecule is C=C/C=C\C(=C)c1c2c(c(-c3cccc4c3sc3c(-c5ccc(/C=C\C=C/C)cc5)cccc34)c3ccccc13)CCC=C2. The Morgan fingerprint density at radius 3 is 2.20 bits per heavy atom. The molecule has 212 valence electrons. The normalized spacial score (nSPS) is 13.2. The maximum absolute atomic E-state index is 4.49. The quantitative estimate of drug-likeness (QED) is 0.164. The van der Waals surface area contributed by atoms with Crippen LogP contribution in [-0.4, -0.2) is 0 Å². The molecule has 0 atom stereocenters. The lowest BCUT2D eigenvalue weighted by molar-refractivity contribution is 0.990. The van der Waals surface area contributed by atoms with Crippen molar-refractivity contribution in [1.82, 2.24) is 0 Å². The summed E-state index contributed by atoms with van der Waals surface area (Å²) in [6.45, 7) is 10.4. The Bertz CT molecular complexity index is 2190. The summed E-state index contributed by atoms with van der Waals surface area (Å²) < 4.78 is 2.69. The van der Waals surface area contributed by atoms with Gasteiger partial charge in [0.05, 0.1) is 0 Å². The van der Waals surface area contributed by atoms with E-state index in [1.165, 1.54) is 75.5 Å². The average Bonchev–Trinajstić information content (AvgIpc) is 3.46. The number of hydrogen-bond donors (Lipinski definition) is 0. The van der Waals surface area contributed by atoms with E-state index in [0.717, 1.165) is 18.4 Å². The summed E-state index contributed by atoms with van der Waals surface area (Å²) >= 11 is 1.93. The third-order valence-electron chi connectivity index (χ3n) is 8.57. The molecule has 1 aromatic heterocycles. The summed E-state index contributed by atoms with van der Waals surface area (Å²) in [4.78, 5) is 0. The summed E-state index contributed by atoms with van der Waals surface area (Å²) in [5.74, 6) is 0. The van der Waals surface area contributed by atoms with Crippen LogP contribution in [0.2, 0.25) is 0 Å². The van der Waals surface area contributed by atoms with Crippen LogP contribution in [0.1, 0.15) is 35.6 Å². The highest BCUT2D eigenvalue weighted by Crippen LogP contribution is 2.48. The molecule has 1 heteroatoms. The molecule has 7 rings (SSSR count). The van der Waals surface area contributed by atoms with Gasteiger partial charge in [-0.05, 0) is 75.1 Å². The van der Waals surface area contributed by atoms with Gasteiger partial charge in [0.15, 0.2) is 0 Å². The van der Waals surface area contributed by atoms with Gasteiger partial charge >= 0.3 is 0 Å². The van der Waals surface area contributed by atoms with E-state index in [2.05, 4.69) is 135 Å². The Morgan fingerprint density at radius 1 is 0.750 bits per heavy atom. The second-order valence-corrected chi connectivity index (χ2v) is 12.2. The summed E-state index contributed by atoms with van der Waals surface area (Å²) in [7, 11) is 0. The van der Waals surface area contributed by atoms with Crippen LogP contribution in [0.25, 0.3) is 70.9 Å². The fourth-order valence-corrected chi connectivity index (χ4v) is 7.96. The fourth-order valence-electron chi connectivity index (χ4n) is 6.60. The molecule has 6 aromatic rings. The van der Waals surface area contributed by atoms with Crippen LogP contribution in [0.3, 0.4) is 0 Å². The predicted octanol–water partition coefficient (Wildman–Crippen LogP) is 12.8. The van der Waals surface area contributed by atoms with Gasteiger partial charge in [-0.2, -0.15) is 0 Å². The molecule has 0 nitrogen and oxygen atoms in total. The third-order valence-corrected chi connectivity index (χ3v) is 9.86. The Labute approximate surface area is 264 Å². The first kappa shape index (κ1) is 27.8. The number of fused-ring (bicyclic) bond motifs is 5. The first-order valence-corrected chi connectivity index (χ1v) is 16.1. The first-order chi connectivity index (χ1) is 21.7. The van der Waals surface area contributed by atoms with Gasteiger partial charge in [-0.15, -0.1) is 11.3 Å². The molecule has 1 aliphatic carbocycles. The van der Waals surface area contributed by atoms with Crippen molar-refractivity contribution in [1.29, 1.82) is 0 Å². The third kappa shape index (κ3) is 4.80. The largest absolute Gasteiger partial charge is 0.134 e. The van der Waals surface area contributed by atoms with Crippen LogP contribution < -0.4 is 0 Å². The van der Waals surface area contributed by atoms with Crippen LogP contribution in [0, 0.1) is 0 Å². The molecular weight excluding hydrogens is 549 g/mol. The van der Waals surface area contributed by atoms with Crippen molar-refractivity contribution in [3.8, 4) is 22.3 Å². The highest BCUT2D eigenvalue weighted by molar-refractivity contribution is 7.26. The zero-order valence-corrected chi connectivity index (χ0v) is 25.8. The Morgan fingerprint density at radius 2 is 1.45 bits per heavy atom. The van der Waals surface area contributed by atoms with E-state index in [0.29, 0.717) is 0 Å². The molecule has 0 amide bonds. The fraction of sp³-hybridized carbons (Fsp3) is 0.0698. The van der Waals surface area contributed by atoms with Crippen LogP contribution >= 0.6 is 11.3 Å². The van der Waals surface area contributed by atoms with Crippen molar-refractivity contribution in [2.24, 2.45) is 0 Å². The van der Waals surface area contributed by atoms with Gasteiger partial charge in [-0.1, -0.05) is 153 Å². The number of hydrogen-bond acceptors (Lipinski definition) is 1. The van der Waals surface area contributed by atoms with Gasteiger partial charge in [0.1, 0.15) is 0 Å². The van der Waals surface area contributed by atoms with E-state index in [9.17, 15) is 0 Å². The van der Waals surface area contributed by atoms with Crippen molar-refractivity contribution in [2.45, 2.75) is 19.8 Å². The summed E-state index contributed by atoms with van der Waals surface area (Å²) in [5.41, 5.74) is 11.4. The summed E-state index contributed by atoms with van der Waals surface area (Å²) in [6, 6.07) is 31.4.